The molecular formula is C15H26ClN3. The predicted molar refractivity (Wildman–Crippen MR) is 80.5 cm³/mol. The summed E-state index contributed by atoms with van der Waals surface area (Å²) in [5.41, 5.74) is 1.47. The Labute approximate surface area is 121 Å². The van der Waals surface area contributed by atoms with Crippen LogP contribution >= 0.6 is 11.6 Å². The third kappa shape index (κ3) is 2.97. The first kappa shape index (κ1) is 14.9. The minimum atomic E-state index is 0.294. The maximum absolute atomic E-state index is 6.41. The summed E-state index contributed by atoms with van der Waals surface area (Å²) in [7, 11) is 2.05. The number of rotatable bonds is 5. The van der Waals surface area contributed by atoms with Gasteiger partial charge < -0.3 is 5.32 Å². The van der Waals surface area contributed by atoms with E-state index in [1.807, 2.05) is 7.05 Å². The zero-order valence-corrected chi connectivity index (χ0v) is 13.1. The van der Waals surface area contributed by atoms with Crippen molar-refractivity contribution in [2.45, 2.75) is 65.0 Å². The number of aromatic nitrogens is 2. The summed E-state index contributed by atoms with van der Waals surface area (Å²) in [4.78, 5) is 0. The van der Waals surface area contributed by atoms with Gasteiger partial charge in [0.25, 0.3) is 0 Å². The molecule has 19 heavy (non-hydrogen) atoms. The number of nitrogens with one attached hydrogen (secondary N) is 1. The predicted octanol–water partition coefficient (Wildman–Crippen LogP) is 4.18. The van der Waals surface area contributed by atoms with Gasteiger partial charge in [0.2, 0.25) is 0 Å². The van der Waals surface area contributed by atoms with Crippen molar-refractivity contribution in [2.24, 2.45) is 5.41 Å². The van der Waals surface area contributed by atoms with Crippen molar-refractivity contribution in [1.29, 1.82) is 0 Å². The van der Waals surface area contributed by atoms with Crippen LogP contribution in [0.25, 0.3) is 0 Å². The Morgan fingerprint density at radius 3 is 2.68 bits per heavy atom. The van der Waals surface area contributed by atoms with Crippen LogP contribution in [0.3, 0.4) is 0 Å². The van der Waals surface area contributed by atoms with Gasteiger partial charge >= 0.3 is 0 Å². The lowest BCUT2D eigenvalue weighted by Crippen LogP contribution is -2.37. The number of nitrogens with zero attached hydrogens (tertiary/aromatic N) is 2. The second-order valence-electron chi connectivity index (χ2n) is 6.04. The summed E-state index contributed by atoms with van der Waals surface area (Å²) in [6.07, 6.45) is 9.44. The fourth-order valence-electron chi connectivity index (χ4n) is 3.51. The molecule has 1 fully saturated rings. The van der Waals surface area contributed by atoms with Gasteiger partial charge in [-0.1, -0.05) is 44.7 Å². The molecule has 1 heterocycles. The van der Waals surface area contributed by atoms with E-state index in [2.05, 4.69) is 28.9 Å². The highest BCUT2D eigenvalue weighted by Crippen LogP contribution is 2.46. The van der Waals surface area contributed by atoms with E-state index in [1.54, 1.807) is 6.20 Å². The van der Waals surface area contributed by atoms with Gasteiger partial charge in [0.1, 0.15) is 0 Å². The molecule has 0 bridgehead atoms. The molecule has 0 saturated heterocycles. The van der Waals surface area contributed by atoms with Gasteiger partial charge in [-0.2, -0.15) is 5.10 Å². The number of aryl methyl sites for hydroxylation is 1. The minimum absolute atomic E-state index is 0.294. The highest BCUT2D eigenvalue weighted by Gasteiger charge is 2.38. The fourth-order valence-corrected chi connectivity index (χ4v) is 3.76. The standard InChI is InChI=1S/C15H26ClN3/c1-4-10-19-13(12(16)11-18-19)14(17-3)15(2)8-6-5-7-9-15/h11,14,17H,4-10H2,1-3H3. The molecule has 108 valence electrons. The molecular weight excluding hydrogens is 258 g/mol. The van der Waals surface area contributed by atoms with Gasteiger partial charge in [0.15, 0.2) is 0 Å². The highest BCUT2D eigenvalue weighted by atomic mass is 35.5. The van der Waals surface area contributed by atoms with Crippen LogP contribution in [0, 0.1) is 5.41 Å². The van der Waals surface area contributed by atoms with Gasteiger partial charge in [-0.25, -0.2) is 0 Å². The average molecular weight is 284 g/mol. The quantitative estimate of drug-likeness (QED) is 0.879. The van der Waals surface area contributed by atoms with Crippen LogP contribution in [0.5, 0.6) is 0 Å². The molecule has 4 heteroatoms. The topological polar surface area (TPSA) is 29.9 Å². The van der Waals surface area contributed by atoms with Gasteiger partial charge in [-0.15, -0.1) is 0 Å². The molecule has 1 unspecified atom stereocenters. The van der Waals surface area contributed by atoms with Crippen molar-refractivity contribution in [3.63, 3.8) is 0 Å². The Bertz CT molecular complexity index is 408. The molecule has 1 N–H and O–H groups in total. The van der Waals surface area contributed by atoms with Crippen LogP contribution in [0.1, 0.15) is 64.1 Å². The lowest BCUT2D eigenvalue weighted by molar-refractivity contribution is 0.144. The summed E-state index contributed by atoms with van der Waals surface area (Å²) in [6, 6.07) is 0.300. The first-order valence-electron chi connectivity index (χ1n) is 7.51. The van der Waals surface area contributed by atoms with E-state index in [1.165, 1.54) is 37.8 Å². The molecule has 1 aliphatic carbocycles. The minimum Gasteiger partial charge on any atom is -0.311 e. The third-order valence-corrected chi connectivity index (χ3v) is 4.81. The van der Waals surface area contributed by atoms with Crippen LogP contribution in [0.2, 0.25) is 5.02 Å². The molecule has 0 aromatic carbocycles. The van der Waals surface area contributed by atoms with Crippen LogP contribution in [-0.4, -0.2) is 16.8 Å². The maximum Gasteiger partial charge on any atom is 0.0834 e. The Balaban J connectivity index is 2.33. The van der Waals surface area contributed by atoms with Gasteiger partial charge in [-0.05, 0) is 31.7 Å². The Kier molecular flexibility index (Phi) is 4.91. The Hall–Kier alpha value is -0.540. The van der Waals surface area contributed by atoms with Crippen molar-refractivity contribution < 1.29 is 0 Å². The smallest absolute Gasteiger partial charge is 0.0834 e. The van der Waals surface area contributed by atoms with Crippen LogP contribution in [0.4, 0.5) is 0 Å². The lowest BCUT2D eigenvalue weighted by Gasteiger charge is -2.41. The number of halogens is 1. The van der Waals surface area contributed by atoms with Gasteiger partial charge in [-0.3, -0.25) is 4.68 Å². The third-order valence-electron chi connectivity index (χ3n) is 4.52. The molecule has 3 nitrogen and oxygen atoms in total. The molecule has 0 radical (unpaired) electrons. The van der Waals surface area contributed by atoms with E-state index >= 15 is 0 Å². The van der Waals surface area contributed by atoms with E-state index < -0.39 is 0 Å². The van der Waals surface area contributed by atoms with Gasteiger partial charge in [0.05, 0.1) is 23.0 Å². The summed E-state index contributed by atoms with van der Waals surface area (Å²) < 4.78 is 2.09. The van der Waals surface area contributed by atoms with Crippen molar-refractivity contribution in [3.05, 3.63) is 16.9 Å². The summed E-state index contributed by atoms with van der Waals surface area (Å²) in [6.45, 7) is 5.51. The molecule has 1 aromatic heterocycles. The van der Waals surface area contributed by atoms with Crippen molar-refractivity contribution in [2.75, 3.05) is 7.05 Å². The number of hydrogen-bond donors (Lipinski definition) is 1. The Morgan fingerprint density at radius 2 is 2.11 bits per heavy atom. The van der Waals surface area contributed by atoms with E-state index in [0.717, 1.165) is 18.0 Å². The van der Waals surface area contributed by atoms with E-state index in [4.69, 9.17) is 11.6 Å². The zero-order chi connectivity index (χ0) is 13.9. The van der Waals surface area contributed by atoms with E-state index in [9.17, 15) is 0 Å². The summed E-state index contributed by atoms with van der Waals surface area (Å²) >= 11 is 6.41. The average Bonchev–Trinajstić information content (AvgIpc) is 2.74. The SMILES string of the molecule is CCCn1ncc(Cl)c1C(NC)C1(C)CCCCC1. The molecule has 1 saturated carbocycles. The first-order valence-corrected chi connectivity index (χ1v) is 7.88. The monoisotopic (exact) mass is 283 g/mol. The summed E-state index contributed by atoms with van der Waals surface area (Å²) in [5.74, 6) is 0. The van der Waals surface area contributed by atoms with Crippen LogP contribution in [0.15, 0.2) is 6.20 Å². The second-order valence-corrected chi connectivity index (χ2v) is 6.44. The maximum atomic E-state index is 6.41. The van der Waals surface area contributed by atoms with E-state index in [-0.39, 0.29) is 0 Å². The summed E-state index contributed by atoms with van der Waals surface area (Å²) in [5, 5.41) is 8.76. The van der Waals surface area contributed by atoms with E-state index in [0.29, 0.717) is 11.5 Å². The molecule has 0 aliphatic heterocycles. The molecule has 2 rings (SSSR count). The zero-order valence-electron chi connectivity index (χ0n) is 12.4. The molecule has 0 amide bonds. The van der Waals surface area contributed by atoms with Crippen LogP contribution < -0.4 is 5.32 Å². The normalized spacial score (nSPS) is 20.4. The fraction of sp³-hybridized carbons (Fsp3) is 0.800. The Morgan fingerprint density at radius 1 is 1.42 bits per heavy atom. The molecule has 1 atom stereocenters. The van der Waals surface area contributed by atoms with Crippen molar-refractivity contribution >= 4 is 11.6 Å². The second kappa shape index (κ2) is 6.27. The van der Waals surface area contributed by atoms with Crippen molar-refractivity contribution in [3.8, 4) is 0 Å². The molecule has 0 spiro atoms. The molecule has 1 aromatic rings. The number of hydrogen-bond acceptors (Lipinski definition) is 2. The van der Waals surface area contributed by atoms with Crippen LogP contribution in [-0.2, 0) is 6.54 Å². The largest absolute Gasteiger partial charge is 0.311 e. The first-order chi connectivity index (χ1) is 9.12. The highest BCUT2D eigenvalue weighted by molar-refractivity contribution is 6.31. The molecule has 1 aliphatic rings. The lowest BCUT2D eigenvalue weighted by atomic mass is 9.69. The van der Waals surface area contributed by atoms with Crippen molar-refractivity contribution in [1.82, 2.24) is 15.1 Å². The van der Waals surface area contributed by atoms with Gasteiger partial charge in [0, 0.05) is 6.54 Å².